The number of anilines is 1. The normalized spacial score (nSPS) is 16.4. The molecule has 1 aromatic carbocycles. The number of fused-ring (bicyclic) bond motifs is 1. The minimum atomic E-state index is -0.368. The lowest BCUT2D eigenvalue weighted by atomic mass is 10.0. The summed E-state index contributed by atoms with van der Waals surface area (Å²) in [5, 5.41) is 3.42. The van der Waals surface area contributed by atoms with Crippen LogP contribution in [0.3, 0.4) is 0 Å². The van der Waals surface area contributed by atoms with E-state index >= 15 is 0 Å². The molecule has 0 fully saturated rings. The van der Waals surface area contributed by atoms with Crippen LogP contribution in [-0.2, 0) is 4.74 Å². The van der Waals surface area contributed by atoms with Crippen molar-refractivity contribution in [2.45, 2.75) is 19.4 Å². The van der Waals surface area contributed by atoms with E-state index in [1.54, 1.807) is 19.1 Å². The summed E-state index contributed by atoms with van der Waals surface area (Å²) in [6.45, 7) is 2.48. The van der Waals surface area contributed by atoms with Crippen LogP contribution in [0.2, 0.25) is 0 Å². The third-order valence-corrected chi connectivity index (χ3v) is 3.77. The minimum absolute atomic E-state index is 0.154. The van der Waals surface area contributed by atoms with E-state index in [1.807, 2.05) is 18.2 Å². The molecule has 0 aliphatic carbocycles. The highest BCUT2D eigenvalue weighted by Crippen LogP contribution is 2.33. The maximum Gasteiger partial charge on any atom is 0.339 e. The van der Waals surface area contributed by atoms with Gasteiger partial charge in [-0.1, -0.05) is 18.2 Å². The summed E-state index contributed by atoms with van der Waals surface area (Å²) in [5.74, 6) is 1.29. The van der Waals surface area contributed by atoms with Crippen LogP contribution in [0.5, 0.6) is 5.75 Å². The predicted octanol–water partition coefficient (Wildman–Crippen LogP) is 3.11. The SMILES string of the molecule is COC(=O)c1ccc(NC2CCOc3ccccc32)nc1C. The second-order valence-electron chi connectivity index (χ2n) is 5.19. The van der Waals surface area contributed by atoms with Gasteiger partial charge in [-0.2, -0.15) is 0 Å². The molecule has 1 aromatic heterocycles. The van der Waals surface area contributed by atoms with Gasteiger partial charge in [0, 0.05) is 12.0 Å². The van der Waals surface area contributed by atoms with Crippen molar-refractivity contribution in [3.05, 3.63) is 53.2 Å². The average Bonchev–Trinajstić information content (AvgIpc) is 2.55. The molecule has 0 radical (unpaired) electrons. The Morgan fingerprint density at radius 2 is 2.14 bits per heavy atom. The number of methoxy groups -OCH3 is 1. The van der Waals surface area contributed by atoms with E-state index in [-0.39, 0.29) is 12.0 Å². The van der Waals surface area contributed by atoms with E-state index in [0.717, 1.165) is 23.6 Å². The molecule has 0 spiro atoms. The van der Waals surface area contributed by atoms with Crippen molar-refractivity contribution in [2.75, 3.05) is 19.0 Å². The first-order valence-corrected chi connectivity index (χ1v) is 7.23. The van der Waals surface area contributed by atoms with E-state index in [4.69, 9.17) is 9.47 Å². The number of nitrogens with one attached hydrogen (secondary N) is 1. The van der Waals surface area contributed by atoms with Crippen molar-refractivity contribution in [1.29, 1.82) is 0 Å². The molecular weight excluding hydrogens is 280 g/mol. The van der Waals surface area contributed by atoms with Crippen molar-refractivity contribution < 1.29 is 14.3 Å². The van der Waals surface area contributed by atoms with Crippen LogP contribution in [0.25, 0.3) is 0 Å². The second-order valence-corrected chi connectivity index (χ2v) is 5.19. The molecule has 114 valence electrons. The Morgan fingerprint density at radius 3 is 2.91 bits per heavy atom. The number of ether oxygens (including phenoxy) is 2. The number of aromatic nitrogens is 1. The standard InChI is InChI=1S/C17H18N2O3/c1-11-12(17(20)21-2)7-8-16(18-11)19-14-9-10-22-15-6-4-3-5-13(14)15/h3-8,14H,9-10H2,1-2H3,(H,18,19). The Morgan fingerprint density at radius 1 is 1.32 bits per heavy atom. The number of pyridine rings is 1. The molecule has 3 rings (SSSR count). The van der Waals surface area contributed by atoms with Gasteiger partial charge in [0.2, 0.25) is 0 Å². The van der Waals surface area contributed by atoms with Crippen LogP contribution in [0.1, 0.15) is 34.1 Å². The minimum Gasteiger partial charge on any atom is -0.493 e. The average molecular weight is 298 g/mol. The van der Waals surface area contributed by atoms with E-state index < -0.39 is 0 Å². The Balaban J connectivity index is 1.83. The molecule has 1 atom stereocenters. The summed E-state index contributed by atoms with van der Waals surface area (Å²) < 4.78 is 10.4. The summed E-state index contributed by atoms with van der Waals surface area (Å²) in [4.78, 5) is 16.1. The van der Waals surface area contributed by atoms with Crippen LogP contribution in [0.4, 0.5) is 5.82 Å². The molecular formula is C17H18N2O3. The smallest absolute Gasteiger partial charge is 0.339 e. The molecule has 1 N–H and O–H groups in total. The fourth-order valence-corrected chi connectivity index (χ4v) is 2.64. The summed E-state index contributed by atoms with van der Waals surface area (Å²) in [5.41, 5.74) is 2.27. The first kappa shape index (κ1) is 14.4. The van der Waals surface area contributed by atoms with E-state index in [0.29, 0.717) is 17.9 Å². The van der Waals surface area contributed by atoms with Gasteiger partial charge in [-0.25, -0.2) is 9.78 Å². The van der Waals surface area contributed by atoms with Gasteiger partial charge >= 0.3 is 5.97 Å². The lowest BCUT2D eigenvalue weighted by Crippen LogP contribution is -2.21. The third kappa shape index (κ3) is 2.74. The number of hydrogen-bond acceptors (Lipinski definition) is 5. The van der Waals surface area contributed by atoms with Gasteiger partial charge in [-0.15, -0.1) is 0 Å². The summed E-state index contributed by atoms with van der Waals surface area (Å²) >= 11 is 0. The summed E-state index contributed by atoms with van der Waals surface area (Å²) in [6, 6.07) is 11.7. The number of hydrogen-bond donors (Lipinski definition) is 1. The topological polar surface area (TPSA) is 60.5 Å². The predicted molar refractivity (Wildman–Crippen MR) is 83.2 cm³/mol. The van der Waals surface area contributed by atoms with Crippen LogP contribution < -0.4 is 10.1 Å². The van der Waals surface area contributed by atoms with Gasteiger partial charge in [0.05, 0.1) is 31.0 Å². The molecule has 1 aliphatic heterocycles. The van der Waals surface area contributed by atoms with Crippen LogP contribution in [0, 0.1) is 6.92 Å². The number of carbonyl (C=O) groups excluding carboxylic acids is 1. The van der Waals surface area contributed by atoms with Crippen molar-refractivity contribution in [3.8, 4) is 5.75 Å². The molecule has 0 bridgehead atoms. The van der Waals surface area contributed by atoms with Gasteiger partial charge in [0.25, 0.3) is 0 Å². The van der Waals surface area contributed by atoms with Crippen LogP contribution in [-0.4, -0.2) is 24.7 Å². The Bertz CT molecular complexity index is 700. The van der Waals surface area contributed by atoms with Gasteiger partial charge in [-0.05, 0) is 25.1 Å². The zero-order valence-corrected chi connectivity index (χ0v) is 12.6. The van der Waals surface area contributed by atoms with Crippen molar-refractivity contribution in [3.63, 3.8) is 0 Å². The first-order chi connectivity index (χ1) is 10.7. The second kappa shape index (κ2) is 6.05. The zero-order valence-electron chi connectivity index (χ0n) is 12.6. The molecule has 0 amide bonds. The maximum absolute atomic E-state index is 11.6. The van der Waals surface area contributed by atoms with Gasteiger partial charge in [-0.3, -0.25) is 0 Å². The maximum atomic E-state index is 11.6. The number of rotatable bonds is 3. The van der Waals surface area contributed by atoms with Gasteiger partial charge in [0.15, 0.2) is 0 Å². The van der Waals surface area contributed by atoms with Gasteiger partial charge < -0.3 is 14.8 Å². The van der Waals surface area contributed by atoms with Crippen LogP contribution in [0.15, 0.2) is 36.4 Å². The molecule has 1 unspecified atom stereocenters. The van der Waals surface area contributed by atoms with E-state index in [9.17, 15) is 4.79 Å². The van der Waals surface area contributed by atoms with Crippen molar-refractivity contribution in [2.24, 2.45) is 0 Å². The highest BCUT2D eigenvalue weighted by molar-refractivity contribution is 5.90. The molecule has 22 heavy (non-hydrogen) atoms. The molecule has 2 heterocycles. The molecule has 0 saturated carbocycles. The van der Waals surface area contributed by atoms with E-state index in [1.165, 1.54) is 7.11 Å². The number of benzene rings is 1. The monoisotopic (exact) mass is 298 g/mol. The van der Waals surface area contributed by atoms with Crippen molar-refractivity contribution in [1.82, 2.24) is 4.98 Å². The number of aryl methyl sites for hydroxylation is 1. The summed E-state index contributed by atoms with van der Waals surface area (Å²) in [6.07, 6.45) is 0.872. The lowest BCUT2D eigenvalue weighted by molar-refractivity contribution is 0.0599. The zero-order chi connectivity index (χ0) is 15.5. The summed E-state index contributed by atoms with van der Waals surface area (Å²) in [7, 11) is 1.37. The Labute approximate surface area is 129 Å². The highest BCUT2D eigenvalue weighted by Gasteiger charge is 2.21. The molecule has 5 heteroatoms. The largest absolute Gasteiger partial charge is 0.493 e. The van der Waals surface area contributed by atoms with E-state index in [2.05, 4.69) is 16.4 Å². The first-order valence-electron chi connectivity index (χ1n) is 7.23. The molecule has 0 saturated heterocycles. The highest BCUT2D eigenvalue weighted by atomic mass is 16.5. The third-order valence-electron chi connectivity index (χ3n) is 3.77. The fraction of sp³-hybridized carbons (Fsp3) is 0.294. The number of esters is 1. The number of nitrogens with zero attached hydrogens (tertiary/aromatic N) is 1. The van der Waals surface area contributed by atoms with Crippen molar-refractivity contribution >= 4 is 11.8 Å². The Kier molecular flexibility index (Phi) is 3.96. The molecule has 2 aromatic rings. The lowest BCUT2D eigenvalue weighted by Gasteiger charge is -2.27. The van der Waals surface area contributed by atoms with Gasteiger partial charge in [0.1, 0.15) is 11.6 Å². The Hall–Kier alpha value is -2.56. The molecule has 5 nitrogen and oxygen atoms in total. The number of carbonyl (C=O) groups is 1. The van der Waals surface area contributed by atoms with Crippen LogP contribution >= 0.6 is 0 Å². The number of para-hydroxylation sites is 1. The quantitative estimate of drug-likeness (QED) is 0.882. The fourth-order valence-electron chi connectivity index (χ4n) is 2.64. The molecule has 1 aliphatic rings.